The number of carbonyl (C=O) groups excluding carboxylic acids is 1. The number of hydrogen-bond acceptors (Lipinski definition) is 6. The molecule has 0 atom stereocenters. The number of carbonyl (C=O) groups is 1. The highest BCUT2D eigenvalue weighted by molar-refractivity contribution is 6.01. The predicted molar refractivity (Wildman–Crippen MR) is 113 cm³/mol. The third kappa shape index (κ3) is 4.88. The Morgan fingerprint density at radius 1 is 1.09 bits per heavy atom. The lowest BCUT2D eigenvalue weighted by atomic mass is 10.0. The zero-order valence-corrected chi connectivity index (χ0v) is 16.6. The van der Waals surface area contributed by atoms with Crippen molar-refractivity contribution in [1.82, 2.24) is 4.98 Å². The van der Waals surface area contributed by atoms with Gasteiger partial charge in [-0.3, -0.25) is 10.8 Å². The molecule has 0 unspecified atom stereocenters. The summed E-state index contributed by atoms with van der Waals surface area (Å²) in [5.41, 5.74) is 3.58. The number of hydrazine groups is 1. The van der Waals surface area contributed by atoms with Crippen molar-refractivity contribution in [1.29, 1.82) is 5.26 Å². The smallest absolute Gasteiger partial charge is 0.416 e. The first kappa shape index (κ1) is 22.4. The minimum Gasteiger partial charge on any atom is -0.495 e. The van der Waals surface area contributed by atoms with Crippen LogP contribution in [0.15, 0.2) is 54.9 Å². The van der Waals surface area contributed by atoms with Crippen LogP contribution in [-0.2, 0) is 6.18 Å². The molecule has 2 amide bonds. The summed E-state index contributed by atoms with van der Waals surface area (Å²) in [5, 5.41) is 14.3. The monoisotopic (exact) mass is 442 g/mol. The van der Waals surface area contributed by atoms with E-state index in [1.807, 2.05) is 0 Å². The minimum atomic E-state index is -4.57. The van der Waals surface area contributed by atoms with Crippen LogP contribution < -0.4 is 26.6 Å². The van der Waals surface area contributed by atoms with Gasteiger partial charge in [0.05, 0.1) is 35.8 Å². The van der Waals surface area contributed by atoms with Crippen LogP contribution in [-0.4, -0.2) is 18.1 Å². The van der Waals surface area contributed by atoms with Gasteiger partial charge < -0.3 is 20.8 Å². The van der Waals surface area contributed by atoms with Gasteiger partial charge in [0.1, 0.15) is 11.8 Å². The molecule has 0 aliphatic rings. The summed E-state index contributed by atoms with van der Waals surface area (Å²) >= 11 is 0. The Kier molecular flexibility index (Phi) is 6.46. The number of hydrogen-bond donors (Lipinski definition) is 4. The number of alkyl halides is 3. The van der Waals surface area contributed by atoms with E-state index >= 15 is 0 Å². The maximum Gasteiger partial charge on any atom is 0.416 e. The van der Waals surface area contributed by atoms with Crippen LogP contribution in [0.5, 0.6) is 5.75 Å². The van der Waals surface area contributed by atoms with Gasteiger partial charge in [-0.2, -0.15) is 18.4 Å². The first-order chi connectivity index (χ1) is 15.3. The lowest BCUT2D eigenvalue weighted by Crippen LogP contribution is -2.20. The standard InChI is InChI=1S/C21H17F3N6O2/c1-32-19-7-4-13(21(22,23)24)8-17(19)29-20(31)28-14-5-2-12(3-6-14)16-10-27-11-18(30-26)15(16)9-25/h2-8,10-11,30H,26H2,1H3,(H2,28,29,31). The summed E-state index contributed by atoms with van der Waals surface area (Å²) in [5.74, 6) is 5.48. The molecule has 8 nitrogen and oxygen atoms in total. The first-order valence-corrected chi connectivity index (χ1v) is 9.05. The number of anilines is 3. The average Bonchev–Trinajstić information content (AvgIpc) is 2.78. The molecule has 0 spiro atoms. The first-order valence-electron chi connectivity index (χ1n) is 9.05. The Morgan fingerprint density at radius 2 is 1.81 bits per heavy atom. The fourth-order valence-electron chi connectivity index (χ4n) is 2.91. The summed E-state index contributed by atoms with van der Waals surface area (Å²) in [6.45, 7) is 0. The third-order valence-corrected chi connectivity index (χ3v) is 4.44. The molecule has 1 heterocycles. The second-order valence-corrected chi connectivity index (χ2v) is 6.44. The minimum absolute atomic E-state index is 0.0772. The number of amides is 2. The van der Waals surface area contributed by atoms with Crippen LogP contribution in [0.3, 0.4) is 0 Å². The number of rotatable bonds is 5. The maximum absolute atomic E-state index is 13.0. The molecule has 0 saturated carbocycles. The Hall–Kier alpha value is -4.30. The van der Waals surface area contributed by atoms with E-state index in [0.717, 1.165) is 18.2 Å². The van der Waals surface area contributed by atoms with Crippen molar-refractivity contribution < 1.29 is 22.7 Å². The third-order valence-electron chi connectivity index (χ3n) is 4.44. The number of benzene rings is 2. The molecule has 32 heavy (non-hydrogen) atoms. The van der Waals surface area contributed by atoms with Gasteiger partial charge in [-0.05, 0) is 35.9 Å². The van der Waals surface area contributed by atoms with Crippen molar-refractivity contribution in [2.75, 3.05) is 23.2 Å². The number of nitrogens with zero attached hydrogens (tertiary/aromatic N) is 2. The van der Waals surface area contributed by atoms with Gasteiger partial charge in [0.25, 0.3) is 0 Å². The van der Waals surface area contributed by atoms with E-state index in [-0.39, 0.29) is 11.4 Å². The van der Waals surface area contributed by atoms with E-state index in [9.17, 15) is 23.2 Å². The Morgan fingerprint density at radius 3 is 2.41 bits per heavy atom. The highest BCUT2D eigenvalue weighted by Crippen LogP contribution is 2.35. The average molecular weight is 442 g/mol. The second-order valence-electron chi connectivity index (χ2n) is 6.44. The molecule has 0 aliphatic carbocycles. The SMILES string of the molecule is COc1ccc(C(F)(F)F)cc1NC(=O)Nc1ccc(-c2cncc(NN)c2C#N)cc1. The van der Waals surface area contributed by atoms with E-state index in [1.54, 1.807) is 24.3 Å². The predicted octanol–water partition coefficient (Wildman–Crippen LogP) is 4.58. The van der Waals surface area contributed by atoms with Crippen molar-refractivity contribution in [2.24, 2.45) is 5.84 Å². The molecule has 0 fully saturated rings. The number of aromatic nitrogens is 1. The molecular weight excluding hydrogens is 425 g/mol. The normalized spacial score (nSPS) is 10.8. The quantitative estimate of drug-likeness (QED) is 0.339. The van der Waals surface area contributed by atoms with E-state index in [0.29, 0.717) is 28.1 Å². The largest absolute Gasteiger partial charge is 0.495 e. The lowest BCUT2D eigenvalue weighted by Gasteiger charge is -2.14. The second kappa shape index (κ2) is 9.23. The highest BCUT2D eigenvalue weighted by atomic mass is 19.4. The molecule has 1 aromatic heterocycles. The molecule has 2 aromatic carbocycles. The van der Waals surface area contributed by atoms with Crippen LogP contribution in [0.25, 0.3) is 11.1 Å². The topological polar surface area (TPSA) is 125 Å². The van der Waals surface area contributed by atoms with Gasteiger partial charge in [0.15, 0.2) is 0 Å². The summed E-state index contributed by atoms with van der Waals surface area (Å²) in [6, 6.07) is 10.5. The number of halogens is 3. The summed E-state index contributed by atoms with van der Waals surface area (Å²) < 4.78 is 43.9. The van der Waals surface area contributed by atoms with E-state index in [4.69, 9.17) is 10.6 Å². The molecule has 3 rings (SSSR count). The molecule has 3 aromatic rings. The van der Waals surface area contributed by atoms with E-state index < -0.39 is 17.8 Å². The Balaban J connectivity index is 1.77. The fraction of sp³-hybridized carbons (Fsp3) is 0.0952. The lowest BCUT2D eigenvalue weighted by molar-refractivity contribution is -0.137. The summed E-state index contributed by atoms with van der Waals surface area (Å²) in [6.07, 6.45) is -1.64. The maximum atomic E-state index is 13.0. The number of methoxy groups -OCH3 is 1. The van der Waals surface area contributed by atoms with Crippen LogP contribution in [0.4, 0.5) is 35.0 Å². The van der Waals surface area contributed by atoms with Gasteiger partial charge in [-0.15, -0.1) is 0 Å². The Bertz CT molecular complexity index is 1170. The number of nitriles is 1. The van der Waals surface area contributed by atoms with Crippen molar-refractivity contribution in [3.63, 3.8) is 0 Å². The zero-order valence-electron chi connectivity index (χ0n) is 16.6. The number of nitrogens with two attached hydrogens (primary N) is 1. The van der Waals surface area contributed by atoms with Crippen molar-refractivity contribution in [3.05, 3.63) is 66.0 Å². The number of pyridine rings is 1. The van der Waals surface area contributed by atoms with Gasteiger partial charge in [0.2, 0.25) is 0 Å². The highest BCUT2D eigenvalue weighted by Gasteiger charge is 2.31. The molecular formula is C21H17F3N6O2. The number of nitrogen functional groups attached to an aromatic ring is 1. The van der Waals surface area contributed by atoms with Crippen molar-refractivity contribution in [3.8, 4) is 22.9 Å². The van der Waals surface area contributed by atoms with Crippen molar-refractivity contribution in [2.45, 2.75) is 6.18 Å². The van der Waals surface area contributed by atoms with Crippen LogP contribution in [0, 0.1) is 11.3 Å². The molecule has 0 bridgehead atoms. The Labute approximate surface area is 180 Å². The van der Waals surface area contributed by atoms with E-state index in [2.05, 4.69) is 27.1 Å². The molecule has 0 aliphatic heterocycles. The molecule has 0 radical (unpaired) electrons. The van der Waals surface area contributed by atoms with Gasteiger partial charge in [-0.1, -0.05) is 12.1 Å². The van der Waals surface area contributed by atoms with Crippen LogP contribution in [0.2, 0.25) is 0 Å². The van der Waals surface area contributed by atoms with Crippen LogP contribution >= 0.6 is 0 Å². The van der Waals surface area contributed by atoms with Gasteiger partial charge in [-0.25, -0.2) is 4.79 Å². The number of nitrogens with one attached hydrogen (secondary N) is 3. The van der Waals surface area contributed by atoms with Gasteiger partial charge >= 0.3 is 12.2 Å². The summed E-state index contributed by atoms with van der Waals surface area (Å²) in [7, 11) is 1.28. The zero-order chi connectivity index (χ0) is 23.3. The fourth-order valence-corrected chi connectivity index (χ4v) is 2.91. The number of ether oxygens (including phenoxy) is 1. The van der Waals surface area contributed by atoms with Crippen LogP contribution in [0.1, 0.15) is 11.1 Å². The summed E-state index contributed by atoms with van der Waals surface area (Å²) in [4.78, 5) is 16.3. The van der Waals surface area contributed by atoms with Crippen molar-refractivity contribution >= 4 is 23.1 Å². The molecule has 11 heteroatoms. The molecule has 0 saturated heterocycles. The molecule has 5 N–H and O–H groups in total. The molecule has 164 valence electrons. The van der Waals surface area contributed by atoms with Gasteiger partial charge in [0, 0.05) is 17.4 Å². The van der Waals surface area contributed by atoms with E-state index in [1.165, 1.54) is 19.5 Å². The number of urea groups is 1.